The first-order valence-electron chi connectivity index (χ1n) is 9.27. The highest BCUT2D eigenvalue weighted by molar-refractivity contribution is 7.89. The van der Waals surface area contributed by atoms with E-state index in [9.17, 15) is 18.5 Å². The molecule has 0 amide bonds. The van der Waals surface area contributed by atoms with E-state index in [0.717, 1.165) is 32.4 Å². The van der Waals surface area contributed by atoms with Crippen LogP contribution in [0.15, 0.2) is 41.6 Å². The maximum Gasteiger partial charge on any atom is 0.269 e. The Kier molecular flexibility index (Phi) is 4.72. The van der Waals surface area contributed by atoms with Crippen molar-refractivity contribution in [2.75, 3.05) is 13.1 Å². The van der Waals surface area contributed by atoms with E-state index in [-0.39, 0.29) is 28.6 Å². The van der Waals surface area contributed by atoms with Gasteiger partial charge < -0.3 is 9.88 Å². The first kappa shape index (κ1) is 19.0. The molecule has 1 aliphatic carbocycles. The molecule has 0 radical (unpaired) electrons. The first-order chi connectivity index (χ1) is 13.3. The van der Waals surface area contributed by atoms with Crippen molar-refractivity contribution in [1.82, 2.24) is 19.2 Å². The Morgan fingerprint density at radius 2 is 2.00 bits per heavy atom. The molecule has 1 aromatic heterocycles. The van der Waals surface area contributed by atoms with Crippen LogP contribution in [0, 0.1) is 15.5 Å². The third-order valence-corrected chi connectivity index (χ3v) is 7.83. The fourth-order valence-electron chi connectivity index (χ4n) is 4.12. The Morgan fingerprint density at radius 1 is 1.32 bits per heavy atom. The molecule has 9 nitrogen and oxygen atoms in total. The van der Waals surface area contributed by atoms with Crippen LogP contribution in [0.2, 0.25) is 0 Å². The summed E-state index contributed by atoms with van der Waals surface area (Å²) >= 11 is 0. The standard InChI is InChI=1S/C18H23N5O4S/c1-21-11-10-20-17(21)13-22(16-12-18(16)6-8-19-9-7-18)28(26,27)15-4-2-14(3-5-15)23(24)25/h2-5,10-11,16,19H,6-9,12-13H2,1H3. The average Bonchev–Trinajstić information content (AvgIpc) is 3.18. The van der Waals surface area contributed by atoms with Gasteiger partial charge in [-0.15, -0.1) is 0 Å². The quantitative estimate of drug-likeness (QED) is 0.578. The molecule has 1 saturated heterocycles. The molecule has 1 N–H and O–H groups in total. The minimum atomic E-state index is -3.81. The monoisotopic (exact) mass is 405 g/mol. The number of nitrogens with zero attached hydrogens (tertiary/aromatic N) is 4. The topological polar surface area (TPSA) is 110 Å². The summed E-state index contributed by atoms with van der Waals surface area (Å²) in [6.07, 6.45) is 6.18. The second kappa shape index (κ2) is 6.94. The van der Waals surface area contributed by atoms with E-state index in [1.807, 2.05) is 11.6 Å². The van der Waals surface area contributed by atoms with Gasteiger partial charge in [0.05, 0.1) is 16.4 Å². The van der Waals surface area contributed by atoms with Crippen molar-refractivity contribution in [2.24, 2.45) is 12.5 Å². The molecule has 2 aromatic rings. The predicted octanol–water partition coefficient (Wildman–Crippen LogP) is 1.66. The van der Waals surface area contributed by atoms with Crippen LogP contribution in [0.1, 0.15) is 25.1 Å². The Bertz CT molecular complexity index is 980. The number of rotatable bonds is 6. The number of aromatic nitrogens is 2. The normalized spacial score (nSPS) is 21.1. The Balaban J connectivity index is 1.68. The van der Waals surface area contributed by atoms with E-state index in [1.54, 1.807) is 16.7 Å². The highest BCUT2D eigenvalue weighted by atomic mass is 32.2. The zero-order valence-corrected chi connectivity index (χ0v) is 16.4. The van der Waals surface area contributed by atoms with Gasteiger partial charge in [0.15, 0.2) is 0 Å². The van der Waals surface area contributed by atoms with Crippen molar-refractivity contribution >= 4 is 15.7 Å². The van der Waals surface area contributed by atoms with Crippen molar-refractivity contribution in [2.45, 2.75) is 36.7 Å². The summed E-state index contributed by atoms with van der Waals surface area (Å²) in [5.41, 5.74) is -0.111. The minimum Gasteiger partial charge on any atom is -0.337 e. The van der Waals surface area contributed by atoms with E-state index in [4.69, 9.17) is 0 Å². The Labute approximate surface area is 163 Å². The summed E-state index contributed by atoms with van der Waals surface area (Å²) in [6.45, 7) is 1.97. The van der Waals surface area contributed by atoms with Crippen molar-refractivity contribution in [1.29, 1.82) is 0 Å². The van der Waals surface area contributed by atoms with Crippen molar-refractivity contribution in [3.63, 3.8) is 0 Å². The second-order valence-corrected chi connectivity index (χ2v) is 9.48. The molecule has 150 valence electrons. The van der Waals surface area contributed by atoms with Crippen LogP contribution >= 0.6 is 0 Å². The van der Waals surface area contributed by atoms with E-state index in [1.165, 1.54) is 24.3 Å². The number of nitro groups is 1. The minimum absolute atomic E-state index is 0.0181. The summed E-state index contributed by atoms with van der Waals surface area (Å²) in [5, 5.41) is 14.2. The lowest BCUT2D eigenvalue weighted by Crippen LogP contribution is -2.39. The Morgan fingerprint density at radius 3 is 2.57 bits per heavy atom. The molecular weight excluding hydrogens is 382 g/mol. The summed E-state index contributed by atoms with van der Waals surface area (Å²) < 4.78 is 30.3. The molecule has 28 heavy (non-hydrogen) atoms. The van der Waals surface area contributed by atoms with Gasteiger partial charge in [0.25, 0.3) is 5.69 Å². The predicted molar refractivity (Wildman–Crippen MR) is 102 cm³/mol. The highest BCUT2D eigenvalue weighted by Gasteiger charge is 2.59. The van der Waals surface area contributed by atoms with Crippen LogP contribution in [0.4, 0.5) is 5.69 Å². The third-order valence-electron chi connectivity index (χ3n) is 5.97. The van der Waals surface area contributed by atoms with Gasteiger partial charge in [0.1, 0.15) is 5.82 Å². The molecule has 2 aliphatic rings. The van der Waals surface area contributed by atoms with Crippen molar-refractivity contribution in [3.05, 3.63) is 52.6 Å². The van der Waals surface area contributed by atoms with E-state index in [0.29, 0.717) is 5.82 Å². The number of imidazole rings is 1. The van der Waals surface area contributed by atoms with Gasteiger partial charge in [0, 0.05) is 37.6 Å². The molecule has 0 bridgehead atoms. The van der Waals surface area contributed by atoms with Gasteiger partial charge in [0.2, 0.25) is 10.0 Å². The fraction of sp³-hybridized carbons (Fsp3) is 0.500. The molecule has 1 atom stereocenters. The number of nitrogens with one attached hydrogen (secondary N) is 1. The average molecular weight is 405 g/mol. The molecule has 10 heteroatoms. The molecule has 1 aromatic carbocycles. The second-order valence-electron chi connectivity index (χ2n) is 7.59. The molecule has 1 unspecified atom stereocenters. The summed E-state index contributed by atoms with van der Waals surface area (Å²) in [5.74, 6) is 0.668. The summed E-state index contributed by atoms with van der Waals surface area (Å²) in [7, 11) is -1.97. The lowest BCUT2D eigenvalue weighted by Gasteiger charge is -2.29. The SMILES string of the molecule is Cn1ccnc1CN(C1CC12CCNCC2)S(=O)(=O)c1ccc([N+](=O)[O-])cc1. The zero-order valence-electron chi connectivity index (χ0n) is 15.6. The summed E-state index contributed by atoms with van der Waals surface area (Å²) in [6, 6.07) is 5.02. The number of nitro benzene ring substituents is 1. The number of sulfonamides is 1. The van der Waals surface area contributed by atoms with Gasteiger partial charge >= 0.3 is 0 Å². The van der Waals surface area contributed by atoms with E-state index < -0.39 is 14.9 Å². The molecule has 2 heterocycles. The lowest BCUT2D eigenvalue weighted by molar-refractivity contribution is -0.384. The van der Waals surface area contributed by atoms with Gasteiger partial charge in [-0.25, -0.2) is 13.4 Å². The van der Waals surface area contributed by atoms with Gasteiger partial charge in [-0.2, -0.15) is 4.31 Å². The number of aryl methyl sites for hydroxylation is 1. The van der Waals surface area contributed by atoms with Crippen LogP contribution in [0.5, 0.6) is 0 Å². The number of non-ortho nitro benzene ring substituents is 1. The van der Waals surface area contributed by atoms with Crippen molar-refractivity contribution < 1.29 is 13.3 Å². The number of hydrogen-bond donors (Lipinski definition) is 1. The smallest absolute Gasteiger partial charge is 0.269 e. The molecule has 2 fully saturated rings. The van der Waals surface area contributed by atoms with Crippen LogP contribution in [0.3, 0.4) is 0 Å². The molecular formula is C18H23N5O4S. The lowest BCUT2D eigenvalue weighted by atomic mass is 9.94. The maximum atomic E-state index is 13.5. The molecule has 1 spiro atoms. The molecule has 1 aliphatic heterocycles. The van der Waals surface area contributed by atoms with Gasteiger partial charge in [-0.3, -0.25) is 10.1 Å². The van der Waals surface area contributed by atoms with Crippen LogP contribution < -0.4 is 5.32 Å². The zero-order chi connectivity index (χ0) is 19.9. The molecule has 4 rings (SSSR count). The Hall–Kier alpha value is -2.30. The highest BCUT2D eigenvalue weighted by Crippen LogP contribution is 2.57. The summed E-state index contributed by atoms with van der Waals surface area (Å²) in [4.78, 5) is 14.7. The van der Waals surface area contributed by atoms with Crippen molar-refractivity contribution in [3.8, 4) is 0 Å². The van der Waals surface area contributed by atoms with Gasteiger partial charge in [-0.1, -0.05) is 0 Å². The van der Waals surface area contributed by atoms with Crippen LogP contribution in [0.25, 0.3) is 0 Å². The first-order valence-corrected chi connectivity index (χ1v) is 10.7. The number of hydrogen-bond acceptors (Lipinski definition) is 6. The van der Waals surface area contributed by atoms with E-state index in [2.05, 4.69) is 10.3 Å². The van der Waals surface area contributed by atoms with E-state index >= 15 is 0 Å². The largest absolute Gasteiger partial charge is 0.337 e. The fourth-order valence-corrected chi connectivity index (χ4v) is 5.79. The van der Waals surface area contributed by atoms with Crippen LogP contribution in [-0.4, -0.2) is 46.3 Å². The number of piperidine rings is 1. The molecule has 1 saturated carbocycles. The maximum absolute atomic E-state index is 13.5. The third kappa shape index (κ3) is 3.31. The van der Waals surface area contributed by atoms with Gasteiger partial charge in [-0.05, 0) is 49.9 Å². The number of benzene rings is 1. The van der Waals surface area contributed by atoms with Crippen LogP contribution in [-0.2, 0) is 23.6 Å².